The summed E-state index contributed by atoms with van der Waals surface area (Å²) in [5.41, 5.74) is 1.26. The first-order valence-corrected chi connectivity index (χ1v) is 4.48. The summed E-state index contributed by atoms with van der Waals surface area (Å²) in [6.45, 7) is 12.6. The lowest BCUT2D eigenvalue weighted by Gasteiger charge is -2.20. The van der Waals surface area contributed by atoms with Gasteiger partial charge in [0.15, 0.2) is 0 Å². The van der Waals surface area contributed by atoms with E-state index in [1.165, 1.54) is 5.70 Å². The predicted molar refractivity (Wildman–Crippen MR) is 52.2 cm³/mol. The van der Waals surface area contributed by atoms with Crippen molar-refractivity contribution in [2.75, 3.05) is 0 Å². The third-order valence-electron chi connectivity index (χ3n) is 2.06. The molecule has 1 rings (SSSR count). The van der Waals surface area contributed by atoms with Crippen molar-refractivity contribution >= 4 is 0 Å². The Labute approximate surface area is 74.9 Å². The van der Waals surface area contributed by atoms with Gasteiger partial charge >= 0.3 is 0 Å². The molecule has 1 heterocycles. The van der Waals surface area contributed by atoms with Crippen LogP contribution in [0.4, 0.5) is 0 Å². The summed E-state index contributed by atoms with van der Waals surface area (Å²) in [6, 6.07) is 0.487. The Morgan fingerprint density at radius 2 is 1.92 bits per heavy atom. The quantitative estimate of drug-likeness (QED) is 0.677. The zero-order chi connectivity index (χ0) is 9.30. The van der Waals surface area contributed by atoms with Gasteiger partial charge < -0.3 is 10.2 Å². The van der Waals surface area contributed by atoms with Gasteiger partial charge in [-0.3, -0.25) is 0 Å². The van der Waals surface area contributed by atoms with E-state index in [-0.39, 0.29) is 0 Å². The molecule has 0 saturated heterocycles. The Morgan fingerprint density at radius 3 is 2.17 bits per heavy atom. The van der Waals surface area contributed by atoms with Gasteiger partial charge in [-0.05, 0) is 19.8 Å². The van der Waals surface area contributed by atoms with E-state index in [1.807, 2.05) is 0 Å². The standard InChI is InChI=1S/C10H18N2/c1-7(2)10-6-12(8(3)4)9(5)11-10/h6-8,11H,5H2,1-4H3. The first-order valence-electron chi connectivity index (χ1n) is 4.48. The van der Waals surface area contributed by atoms with Crippen molar-refractivity contribution in [3.8, 4) is 0 Å². The minimum Gasteiger partial charge on any atom is -0.344 e. The fraction of sp³-hybridized carbons (Fsp3) is 0.600. The number of rotatable bonds is 2. The lowest BCUT2D eigenvalue weighted by atomic mass is 10.1. The molecule has 0 spiro atoms. The molecule has 0 saturated carbocycles. The molecule has 68 valence electrons. The van der Waals surface area contributed by atoms with E-state index in [0.29, 0.717) is 12.0 Å². The molecule has 2 heteroatoms. The Kier molecular flexibility index (Phi) is 2.46. The van der Waals surface area contributed by atoms with E-state index in [9.17, 15) is 0 Å². The second-order valence-electron chi connectivity index (χ2n) is 3.81. The summed E-state index contributed by atoms with van der Waals surface area (Å²) < 4.78 is 0. The first kappa shape index (κ1) is 9.17. The van der Waals surface area contributed by atoms with Crippen molar-refractivity contribution in [3.05, 3.63) is 24.3 Å². The average molecular weight is 166 g/mol. The van der Waals surface area contributed by atoms with Crippen LogP contribution in [-0.4, -0.2) is 10.9 Å². The number of hydrogen-bond donors (Lipinski definition) is 1. The van der Waals surface area contributed by atoms with Gasteiger partial charge in [-0.15, -0.1) is 0 Å². The molecule has 2 nitrogen and oxygen atoms in total. The number of nitrogens with zero attached hydrogens (tertiary/aromatic N) is 1. The van der Waals surface area contributed by atoms with Crippen molar-refractivity contribution in [1.82, 2.24) is 10.2 Å². The Morgan fingerprint density at radius 1 is 1.33 bits per heavy atom. The SMILES string of the molecule is C=C1NC(C(C)C)=CN1C(C)C. The van der Waals surface area contributed by atoms with Crippen LogP contribution in [0.3, 0.4) is 0 Å². The molecule has 0 aromatic rings. The van der Waals surface area contributed by atoms with Crippen molar-refractivity contribution in [2.45, 2.75) is 33.7 Å². The van der Waals surface area contributed by atoms with Crippen LogP contribution in [0.1, 0.15) is 27.7 Å². The minimum atomic E-state index is 0.487. The van der Waals surface area contributed by atoms with Crippen LogP contribution in [0.25, 0.3) is 0 Å². The molecule has 1 aliphatic heterocycles. The highest BCUT2D eigenvalue weighted by molar-refractivity contribution is 5.20. The number of nitrogens with one attached hydrogen (secondary N) is 1. The molecule has 1 N–H and O–H groups in total. The highest BCUT2D eigenvalue weighted by Gasteiger charge is 2.19. The highest BCUT2D eigenvalue weighted by atomic mass is 15.3. The van der Waals surface area contributed by atoms with Crippen molar-refractivity contribution < 1.29 is 0 Å². The lowest BCUT2D eigenvalue weighted by Crippen LogP contribution is -2.24. The molecule has 0 unspecified atom stereocenters. The van der Waals surface area contributed by atoms with E-state index in [4.69, 9.17) is 0 Å². The third-order valence-corrected chi connectivity index (χ3v) is 2.06. The molecule has 0 amide bonds. The summed E-state index contributed by atoms with van der Waals surface area (Å²) >= 11 is 0. The largest absolute Gasteiger partial charge is 0.344 e. The van der Waals surface area contributed by atoms with Crippen molar-refractivity contribution in [1.29, 1.82) is 0 Å². The zero-order valence-corrected chi connectivity index (χ0v) is 8.39. The van der Waals surface area contributed by atoms with Crippen molar-refractivity contribution in [3.63, 3.8) is 0 Å². The van der Waals surface area contributed by atoms with Crippen molar-refractivity contribution in [2.24, 2.45) is 5.92 Å². The number of allylic oxidation sites excluding steroid dienone is 1. The normalized spacial score (nSPS) is 17.3. The van der Waals surface area contributed by atoms with E-state index in [1.54, 1.807) is 0 Å². The smallest absolute Gasteiger partial charge is 0.102 e. The molecular weight excluding hydrogens is 148 g/mol. The van der Waals surface area contributed by atoms with Crippen LogP contribution in [0.2, 0.25) is 0 Å². The Hall–Kier alpha value is -0.920. The molecule has 0 aromatic carbocycles. The van der Waals surface area contributed by atoms with Gasteiger partial charge in [0.2, 0.25) is 0 Å². The van der Waals surface area contributed by atoms with Crippen LogP contribution in [0, 0.1) is 5.92 Å². The molecule has 0 aliphatic carbocycles. The Balaban J connectivity index is 2.73. The topological polar surface area (TPSA) is 15.3 Å². The van der Waals surface area contributed by atoms with Crippen LogP contribution in [-0.2, 0) is 0 Å². The van der Waals surface area contributed by atoms with E-state index in [0.717, 1.165) is 5.82 Å². The second kappa shape index (κ2) is 3.21. The minimum absolute atomic E-state index is 0.487. The molecule has 1 aliphatic rings. The van der Waals surface area contributed by atoms with Gasteiger partial charge in [0.05, 0.1) is 0 Å². The molecule has 0 atom stereocenters. The molecule has 0 radical (unpaired) electrons. The van der Waals surface area contributed by atoms with E-state index < -0.39 is 0 Å². The van der Waals surface area contributed by atoms with Crippen LogP contribution in [0.15, 0.2) is 24.3 Å². The summed E-state index contributed by atoms with van der Waals surface area (Å²) in [7, 11) is 0. The van der Waals surface area contributed by atoms with Gasteiger partial charge in [-0.1, -0.05) is 20.4 Å². The van der Waals surface area contributed by atoms with Gasteiger partial charge in [-0.2, -0.15) is 0 Å². The van der Waals surface area contributed by atoms with E-state index in [2.05, 4.69) is 50.7 Å². The molecule has 0 bridgehead atoms. The average Bonchev–Trinajstić information content (AvgIpc) is 2.30. The lowest BCUT2D eigenvalue weighted by molar-refractivity contribution is 0.389. The predicted octanol–water partition coefficient (Wildman–Crippen LogP) is 2.27. The van der Waals surface area contributed by atoms with Gasteiger partial charge in [0.1, 0.15) is 5.82 Å². The number of hydrogen-bond acceptors (Lipinski definition) is 2. The maximum Gasteiger partial charge on any atom is 0.102 e. The van der Waals surface area contributed by atoms with Gasteiger partial charge in [0.25, 0.3) is 0 Å². The fourth-order valence-corrected chi connectivity index (χ4v) is 1.25. The summed E-state index contributed by atoms with van der Waals surface area (Å²) in [5, 5.41) is 3.28. The first-order chi connectivity index (χ1) is 5.52. The zero-order valence-electron chi connectivity index (χ0n) is 8.39. The summed E-state index contributed by atoms with van der Waals surface area (Å²) in [6.07, 6.45) is 2.15. The fourth-order valence-electron chi connectivity index (χ4n) is 1.25. The highest BCUT2D eigenvalue weighted by Crippen LogP contribution is 2.20. The second-order valence-corrected chi connectivity index (χ2v) is 3.81. The third kappa shape index (κ3) is 1.63. The summed E-state index contributed by atoms with van der Waals surface area (Å²) in [4.78, 5) is 2.16. The van der Waals surface area contributed by atoms with Crippen LogP contribution >= 0.6 is 0 Å². The maximum atomic E-state index is 3.95. The Bertz CT molecular complexity index is 214. The molecule has 0 fully saturated rings. The van der Waals surface area contributed by atoms with E-state index >= 15 is 0 Å². The van der Waals surface area contributed by atoms with Gasteiger partial charge in [-0.25, -0.2) is 0 Å². The molecule has 12 heavy (non-hydrogen) atoms. The molecule has 0 aromatic heterocycles. The molecular formula is C10H18N2. The summed E-state index contributed by atoms with van der Waals surface area (Å²) in [5.74, 6) is 1.54. The van der Waals surface area contributed by atoms with Gasteiger partial charge in [0, 0.05) is 17.9 Å². The maximum absolute atomic E-state index is 3.95. The van der Waals surface area contributed by atoms with Crippen LogP contribution < -0.4 is 5.32 Å². The van der Waals surface area contributed by atoms with Crippen LogP contribution in [0.5, 0.6) is 0 Å². The monoisotopic (exact) mass is 166 g/mol.